The quantitative estimate of drug-likeness (QED) is 0.618. The third-order valence-corrected chi connectivity index (χ3v) is 2.73. The van der Waals surface area contributed by atoms with Gasteiger partial charge in [0.1, 0.15) is 5.84 Å². The van der Waals surface area contributed by atoms with Gasteiger partial charge in [-0.1, -0.05) is 22.0 Å². The number of allylic oxidation sites excluding steroid dienone is 3. The zero-order valence-corrected chi connectivity index (χ0v) is 8.37. The lowest BCUT2D eigenvalue weighted by Gasteiger charge is -2.26. The Morgan fingerprint density at radius 1 is 1.50 bits per heavy atom. The molecule has 0 spiro atoms. The van der Waals surface area contributed by atoms with Gasteiger partial charge in [0, 0.05) is 10.7 Å². The first kappa shape index (κ1) is 7.80. The molecule has 2 heterocycles. The van der Waals surface area contributed by atoms with E-state index in [4.69, 9.17) is 0 Å². The van der Waals surface area contributed by atoms with Crippen LogP contribution in [0.4, 0.5) is 0 Å². The number of rotatable bonds is 0. The Morgan fingerprint density at radius 2 is 2.33 bits per heavy atom. The molecule has 62 valence electrons. The van der Waals surface area contributed by atoms with Crippen molar-refractivity contribution in [2.75, 3.05) is 6.54 Å². The lowest BCUT2D eigenvalue weighted by Crippen LogP contribution is -2.29. The van der Waals surface area contributed by atoms with E-state index >= 15 is 0 Å². The highest BCUT2D eigenvalue weighted by Gasteiger charge is 2.15. The van der Waals surface area contributed by atoms with E-state index in [0.717, 1.165) is 22.6 Å². The maximum Gasteiger partial charge on any atom is 0.133 e. The van der Waals surface area contributed by atoms with Crippen LogP contribution in [0.1, 0.15) is 6.92 Å². The highest BCUT2D eigenvalue weighted by atomic mass is 79.9. The molecule has 0 aliphatic carbocycles. The van der Waals surface area contributed by atoms with E-state index in [2.05, 4.69) is 25.8 Å². The minimum absolute atomic E-state index is 0.894. The van der Waals surface area contributed by atoms with Gasteiger partial charge in [-0.2, -0.15) is 0 Å². The van der Waals surface area contributed by atoms with E-state index < -0.39 is 0 Å². The van der Waals surface area contributed by atoms with Crippen molar-refractivity contribution in [1.29, 1.82) is 0 Å². The summed E-state index contributed by atoms with van der Waals surface area (Å²) in [7, 11) is 0. The van der Waals surface area contributed by atoms with Crippen molar-refractivity contribution in [3.63, 3.8) is 0 Å². The van der Waals surface area contributed by atoms with Crippen LogP contribution in [0.15, 0.2) is 39.6 Å². The maximum absolute atomic E-state index is 4.42. The first-order valence-corrected chi connectivity index (χ1v) is 4.62. The highest BCUT2D eigenvalue weighted by molar-refractivity contribution is 9.11. The summed E-state index contributed by atoms with van der Waals surface area (Å²) in [5.41, 5.74) is 1.07. The second-order valence-corrected chi connectivity index (χ2v) is 3.75. The third-order valence-electron chi connectivity index (χ3n) is 1.90. The summed E-state index contributed by atoms with van der Waals surface area (Å²) in [6, 6.07) is 0. The number of hydrogen-bond donors (Lipinski definition) is 0. The molecule has 12 heavy (non-hydrogen) atoms. The average molecular weight is 225 g/mol. The lowest BCUT2D eigenvalue weighted by molar-refractivity contribution is 0.604. The zero-order valence-electron chi connectivity index (χ0n) is 6.79. The Kier molecular flexibility index (Phi) is 1.89. The van der Waals surface area contributed by atoms with Gasteiger partial charge in [0.25, 0.3) is 0 Å². The van der Waals surface area contributed by atoms with Crippen LogP contribution in [0.25, 0.3) is 0 Å². The molecule has 0 unspecified atom stereocenters. The van der Waals surface area contributed by atoms with Gasteiger partial charge in [0.05, 0.1) is 12.2 Å². The molecule has 0 saturated heterocycles. The molecule has 0 amide bonds. The Hall–Kier alpha value is -0.830. The minimum atomic E-state index is 0.894. The topological polar surface area (TPSA) is 15.6 Å². The smallest absolute Gasteiger partial charge is 0.133 e. The summed E-state index contributed by atoms with van der Waals surface area (Å²) in [6.07, 6.45) is 8.07. The summed E-state index contributed by atoms with van der Waals surface area (Å²) >= 11 is 3.49. The number of fused-ring (bicyclic) bond motifs is 1. The van der Waals surface area contributed by atoms with Crippen LogP contribution in [-0.2, 0) is 0 Å². The van der Waals surface area contributed by atoms with E-state index in [0.29, 0.717) is 0 Å². The standard InChI is InChI=1S/C9H9BrN2/c1-7-8(10)6-12-5-3-2-4-9(12)11-7/h2-5H,6H2,1H3. The predicted molar refractivity (Wildman–Crippen MR) is 54.0 cm³/mol. The molecule has 0 N–H and O–H groups in total. The Labute approximate surface area is 80.1 Å². The first-order chi connectivity index (χ1) is 5.77. The van der Waals surface area contributed by atoms with Crippen LogP contribution in [0, 0.1) is 0 Å². The number of hydrogen-bond acceptors (Lipinski definition) is 2. The van der Waals surface area contributed by atoms with E-state index in [1.807, 2.05) is 31.4 Å². The van der Waals surface area contributed by atoms with Gasteiger partial charge in [-0.25, -0.2) is 4.99 Å². The molecule has 0 saturated carbocycles. The van der Waals surface area contributed by atoms with Crippen molar-refractivity contribution in [3.8, 4) is 0 Å². The van der Waals surface area contributed by atoms with Crippen LogP contribution in [0.3, 0.4) is 0 Å². The first-order valence-electron chi connectivity index (χ1n) is 3.83. The SMILES string of the molecule is CC1=C(Br)CN2C=CC=CC2=N1. The number of halogens is 1. The van der Waals surface area contributed by atoms with E-state index in [1.54, 1.807) is 0 Å². The number of nitrogens with zero attached hydrogens (tertiary/aromatic N) is 2. The van der Waals surface area contributed by atoms with E-state index in [-0.39, 0.29) is 0 Å². The van der Waals surface area contributed by atoms with Crippen LogP contribution in [0.2, 0.25) is 0 Å². The van der Waals surface area contributed by atoms with Gasteiger partial charge in [-0.05, 0) is 19.1 Å². The molecule has 0 aromatic rings. The second kappa shape index (κ2) is 2.90. The van der Waals surface area contributed by atoms with Crippen molar-refractivity contribution in [3.05, 3.63) is 34.6 Å². The molecule has 2 nitrogen and oxygen atoms in total. The van der Waals surface area contributed by atoms with Gasteiger partial charge >= 0.3 is 0 Å². The summed E-state index contributed by atoms with van der Waals surface area (Å²) in [6.45, 7) is 2.91. The summed E-state index contributed by atoms with van der Waals surface area (Å²) in [5.74, 6) is 1.03. The van der Waals surface area contributed by atoms with Gasteiger partial charge in [-0.15, -0.1) is 0 Å². The summed E-state index contributed by atoms with van der Waals surface area (Å²) < 4.78 is 1.16. The van der Waals surface area contributed by atoms with Gasteiger partial charge in [-0.3, -0.25) is 0 Å². The van der Waals surface area contributed by atoms with Crippen molar-refractivity contribution < 1.29 is 0 Å². The second-order valence-electron chi connectivity index (χ2n) is 2.79. The van der Waals surface area contributed by atoms with E-state index in [9.17, 15) is 0 Å². The summed E-state index contributed by atoms with van der Waals surface area (Å²) in [4.78, 5) is 6.53. The van der Waals surface area contributed by atoms with Crippen LogP contribution in [-0.4, -0.2) is 17.3 Å². The van der Waals surface area contributed by atoms with Crippen molar-refractivity contribution in [2.45, 2.75) is 6.92 Å². The molecule has 0 aromatic carbocycles. The maximum atomic E-state index is 4.42. The van der Waals surface area contributed by atoms with Gasteiger partial charge < -0.3 is 4.90 Å². The molecular formula is C9H9BrN2. The largest absolute Gasteiger partial charge is 0.328 e. The molecule has 3 heteroatoms. The monoisotopic (exact) mass is 224 g/mol. The fraction of sp³-hybridized carbons (Fsp3) is 0.222. The number of amidine groups is 1. The number of aliphatic imine (C=N–C) groups is 1. The van der Waals surface area contributed by atoms with Crippen molar-refractivity contribution >= 4 is 21.8 Å². The zero-order chi connectivity index (χ0) is 8.55. The van der Waals surface area contributed by atoms with Crippen molar-refractivity contribution in [2.24, 2.45) is 4.99 Å². The molecular weight excluding hydrogens is 216 g/mol. The average Bonchev–Trinajstić information content (AvgIpc) is 2.07. The lowest BCUT2D eigenvalue weighted by atomic mass is 10.2. The molecule has 2 aliphatic heterocycles. The Morgan fingerprint density at radius 3 is 3.17 bits per heavy atom. The third kappa shape index (κ3) is 1.25. The van der Waals surface area contributed by atoms with Crippen LogP contribution >= 0.6 is 15.9 Å². The minimum Gasteiger partial charge on any atom is -0.328 e. The fourth-order valence-corrected chi connectivity index (χ4v) is 1.56. The van der Waals surface area contributed by atoms with Crippen LogP contribution in [0.5, 0.6) is 0 Å². The molecule has 0 aromatic heterocycles. The molecule has 0 atom stereocenters. The Balaban J connectivity index is 2.38. The van der Waals surface area contributed by atoms with Crippen LogP contribution < -0.4 is 0 Å². The normalized spacial score (nSPS) is 21.2. The molecule has 2 aliphatic rings. The van der Waals surface area contributed by atoms with E-state index in [1.165, 1.54) is 0 Å². The summed E-state index contributed by atoms with van der Waals surface area (Å²) in [5, 5.41) is 0. The predicted octanol–water partition coefficient (Wildman–Crippen LogP) is 2.41. The fourth-order valence-electron chi connectivity index (χ4n) is 1.20. The molecule has 0 radical (unpaired) electrons. The van der Waals surface area contributed by atoms with Crippen molar-refractivity contribution in [1.82, 2.24) is 4.90 Å². The highest BCUT2D eigenvalue weighted by Crippen LogP contribution is 2.21. The molecule has 0 bridgehead atoms. The van der Waals surface area contributed by atoms with Gasteiger partial charge in [0.2, 0.25) is 0 Å². The molecule has 0 fully saturated rings. The Bertz CT molecular complexity index is 323. The van der Waals surface area contributed by atoms with Gasteiger partial charge in [0.15, 0.2) is 0 Å². The molecule has 2 rings (SSSR count).